The monoisotopic (exact) mass is 294 g/mol. The van der Waals surface area contributed by atoms with E-state index >= 15 is 0 Å². The molecule has 1 aromatic rings. The lowest BCUT2D eigenvalue weighted by Crippen LogP contribution is -2.48. The van der Waals surface area contributed by atoms with Gasteiger partial charge in [0.15, 0.2) is 0 Å². The van der Waals surface area contributed by atoms with Crippen LogP contribution in [0.3, 0.4) is 0 Å². The average molecular weight is 294 g/mol. The van der Waals surface area contributed by atoms with E-state index in [4.69, 9.17) is 4.74 Å². The molecule has 21 heavy (non-hydrogen) atoms. The fraction of sp³-hybridized carbons (Fsp3) is 0.562. The van der Waals surface area contributed by atoms with Crippen LogP contribution in [0.1, 0.15) is 27.7 Å². The molecule has 0 aliphatic carbocycles. The molecule has 1 aromatic carbocycles. The molecular weight excluding hydrogens is 268 g/mol. The van der Waals surface area contributed by atoms with Crippen LogP contribution in [0.4, 0.5) is 4.79 Å². The lowest BCUT2D eigenvalue weighted by Gasteiger charge is -2.27. The van der Waals surface area contributed by atoms with Crippen molar-refractivity contribution in [2.75, 3.05) is 13.1 Å². The molecule has 5 nitrogen and oxygen atoms in total. The van der Waals surface area contributed by atoms with Crippen LogP contribution in [0.25, 0.3) is 0 Å². The highest BCUT2D eigenvalue weighted by Crippen LogP contribution is 2.14. The number of carbonyl (C=O) groups is 1. The minimum Gasteiger partial charge on any atom is -0.489 e. The summed E-state index contributed by atoms with van der Waals surface area (Å²) in [4.78, 5) is 11.7. The number of amides is 2. The highest BCUT2D eigenvalue weighted by molar-refractivity contribution is 5.73. The molecule has 118 valence electrons. The fourth-order valence-corrected chi connectivity index (χ4v) is 1.54. The van der Waals surface area contributed by atoms with Gasteiger partial charge in [0.05, 0.1) is 12.1 Å². The summed E-state index contributed by atoms with van der Waals surface area (Å²) < 4.78 is 5.66. The van der Waals surface area contributed by atoms with Crippen LogP contribution in [0.15, 0.2) is 30.3 Å². The van der Waals surface area contributed by atoms with Gasteiger partial charge in [-0.05, 0) is 31.9 Å². The van der Waals surface area contributed by atoms with E-state index in [1.54, 1.807) is 6.92 Å². The Morgan fingerprint density at radius 2 is 1.86 bits per heavy atom. The van der Waals surface area contributed by atoms with Crippen LogP contribution in [-0.4, -0.2) is 35.9 Å². The van der Waals surface area contributed by atoms with Crippen molar-refractivity contribution in [3.05, 3.63) is 30.3 Å². The van der Waals surface area contributed by atoms with E-state index in [1.165, 1.54) is 0 Å². The molecule has 2 unspecified atom stereocenters. The normalized spacial score (nSPS) is 15.1. The number of para-hydroxylation sites is 1. The second kappa shape index (κ2) is 7.88. The Balaban J connectivity index is 2.27. The lowest BCUT2D eigenvalue weighted by molar-refractivity contribution is 0.0165. The van der Waals surface area contributed by atoms with Gasteiger partial charge in [0.2, 0.25) is 0 Å². The van der Waals surface area contributed by atoms with Crippen molar-refractivity contribution < 1.29 is 14.6 Å². The molecule has 0 aliphatic heterocycles. The van der Waals surface area contributed by atoms with E-state index in [1.807, 2.05) is 51.1 Å². The molecule has 0 aromatic heterocycles. The maximum atomic E-state index is 11.7. The van der Waals surface area contributed by atoms with Crippen molar-refractivity contribution >= 4 is 6.03 Å². The number of hydrogen-bond donors (Lipinski definition) is 3. The quantitative estimate of drug-likeness (QED) is 0.721. The van der Waals surface area contributed by atoms with Crippen LogP contribution in [0.2, 0.25) is 0 Å². The molecule has 0 spiro atoms. The SMILES string of the molecule is CC(CNC(=O)NCC(C)(O)C(C)C)Oc1ccccc1. The number of carbonyl (C=O) groups excluding carboxylic acids is 1. The number of nitrogens with one attached hydrogen (secondary N) is 2. The van der Waals surface area contributed by atoms with Crippen LogP contribution < -0.4 is 15.4 Å². The minimum absolute atomic E-state index is 0.0677. The third kappa shape index (κ3) is 6.49. The molecule has 0 heterocycles. The second-order valence-electron chi connectivity index (χ2n) is 5.82. The van der Waals surface area contributed by atoms with Crippen molar-refractivity contribution in [3.8, 4) is 5.75 Å². The maximum absolute atomic E-state index is 11.7. The average Bonchev–Trinajstić information content (AvgIpc) is 2.44. The predicted octanol–water partition coefficient (Wildman–Crippen LogP) is 2.16. The zero-order valence-corrected chi connectivity index (χ0v) is 13.2. The Kier molecular flexibility index (Phi) is 6.49. The Labute approximate surface area is 126 Å². The van der Waals surface area contributed by atoms with E-state index < -0.39 is 5.60 Å². The van der Waals surface area contributed by atoms with Gasteiger partial charge < -0.3 is 20.5 Å². The van der Waals surface area contributed by atoms with E-state index in [2.05, 4.69) is 10.6 Å². The molecule has 2 atom stereocenters. The fourth-order valence-electron chi connectivity index (χ4n) is 1.54. The topological polar surface area (TPSA) is 70.6 Å². The maximum Gasteiger partial charge on any atom is 0.315 e. The Hall–Kier alpha value is -1.75. The molecule has 5 heteroatoms. The number of benzene rings is 1. The summed E-state index contributed by atoms with van der Waals surface area (Å²) in [6.45, 7) is 8.02. The number of urea groups is 1. The van der Waals surface area contributed by atoms with Crippen LogP contribution >= 0.6 is 0 Å². The summed E-state index contributed by atoms with van der Waals surface area (Å²) in [6, 6.07) is 9.16. The van der Waals surface area contributed by atoms with Crippen LogP contribution in [0.5, 0.6) is 5.75 Å². The molecule has 0 aliphatic rings. The molecule has 0 saturated heterocycles. The summed E-state index contributed by atoms with van der Waals surface area (Å²) >= 11 is 0. The van der Waals surface area contributed by atoms with E-state index in [0.717, 1.165) is 5.75 Å². The summed E-state index contributed by atoms with van der Waals surface area (Å²) in [5, 5.41) is 15.4. The van der Waals surface area contributed by atoms with E-state index in [-0.39, 0.29) is 24.6 Å². The second-order valence-corrected chi connectivity index (χ2v) is 5.82. The zero-order valence-electron chi connectivity index (χ0n) is 13.2. The summed E-state index contributed by atoms with van der Waals surface area (Å²) in [6.07, 6.45) is -0.135. The van der Waals surface area contributed by atoms with E-state index in [9.17, 15) is 9.90 Å². The lowest BCUT2D eigenvalue weighted by atomic mass is 9.93. The van der Waals surface area contributed by atoms with Gasteiger partial charge in [0, 0.05) is 6.54 Å². The van der Waals surface area contributed by atoms with Gasteiger partial charge in [-0.3, -0.25) is 0 Å². The molecule has 0 fully saturated rings. The van der Waals surface area contributed by atoms with Crippen LogP contribution in [0, 0.1) is 5.92 Å². The van der Waals surface area contributed by atoms with Gasteiger partial charge in [-0.25, -0.2) is 4.79 Å². The number of aliphatic hydroxyl groups is 1. The standard InChI is InChI=1S/C16H26N2O3/c1-12(2)16(4,20)11-18-15(19)17-10-13(3)21-14-8-6-5-7-9-14/h5-9,12-13,20H,10-11H2,1-4H3,(H2,17,18,19). The molecule has 2 amide bonds. The number of rotatable bonds is 7. The van der Waals surface area contributed by atoms with Gasteiger partial charge in [-0.1, -0.05) is 32.0 Å². The molecule has 3 N–H and O–H groups in total. The highest BCUT2D eigenvalue weighted by Gasteiger charge is 2.25. The smallest absolute Gasteiger partial charge is 0.315 e. The first-order valence-corrected chi connectivity index (χ1v) is 7.27. The van der Waals surface area contributed by atoms with Gasteiger partial charge in [0.1, 0.15) is 11.9 Å². The first-order chi connectivity index (χ1) is 9.81. The first kappa shape index (κ1) is 17.3. The van der Waals surface area contributed by atoms with Crippen molar-refractivity contribution in [3.63, 3.8) is 0 Å². The molecular formula is C16H26N2O3. The molecule has 0 bridgehead atoms. The van der Waals surface area contributed by atoms with Gasteiger partial charge in [0.25, 0.3) is 0 Å². The summed E-state index contributed by atoms with van der Waals surface area (Å²) in [7, 11) is 0. The third-order valence-corrected chi connectivity index (χ3v) is 3.48. The van der Waals surface area contributed by atoms with Gasteiger partial charge >= 0.3 is 6.03 Å². The minimum atomic E-state index is -0.913. The Bertz CT molecular complexity index is 432. The largest absolute Gasteiger partial charge is 0.489 e. The van der Waals surface area contributed by atoms with Crippen molar-refractivity contribution in [1.29, 1.82) is 0 Å². The van der Waals surface area contributed by atoms with Crippen LogP contribution in [-0.2, 0) is 0 Å². The summed E-state index contributed by atoms with van der Waals surface area (Å²) in [5.74, 6) is 0.841. The van der Waals surface area contributed by atoms with Gasteiger partial charge in [-0.15, -0.1) is 0 Å². The first-order valence-electron chi connectivity index (χ1n) is 7.27. The number of hydrogen-bond acceptors (Lipinski definition) is 3. The summed E-state index contributed by atoms with van der Waals surface area (Å²) in [5.41, 5.74) is -0.913. The highest BCUT2D eigenvalue weighted by atomic mass is 16.5. The molecule has 0 saturated carbocycles. The molecule has 0 radical (unpaired) electrons. The predicted molar refractivity (Wildman–Crippen MR) is 83.4 cm³/mol. The van der Waals surface area contributed by atoms with Crippen molar-refractivity contribution in [1.82, 2.24) is 10.6 Å². The Morgan fingerprint density at radius 3 is 2.43 bits per heavy atom. The zero-order chi connectivity index (χ0) is 15.9. The van der Waals surface area contributed by atoms with E-state index in [0.29, 0.717) is 6.54 Å². The van der Waals surface area contributed by atoms with Crippen molar-refractivity contribution in [2.45, 2.75) is 39.4 Å². The Morgan fingerprint density at radius 1 is 1.24 bits per heavy atom. The molecule has 1 rings (SSSR count). The van der Waals surface area contributed by atoms with Gasteiger partial charge in [-0.2, -0.15) is 0 Å². The van der Waals surface area contributed by atoms with Crippen molar-refractivity contribution in [2.24, 2.45) is 5.92 Å². The third-order valence-electron chi connectivity index (χ3n) is 3.48. The number of ether oxygens (including phenoxy) is 1.